The number of fused-ring (bicyclic) bond motifs is 2. The van der Waals surface area contributed by atoms with Crippen molar-refractivity contribution in [1.82, 2.24) is 15.1 Å². The van der Waals surface area contributed by atoms with Crippen LogP contribution in [0.5, 0.6) is 11.5 Å². The lowest BCUT2D eigenvalue weighted by atomic mass is 10.1. The Morgan fingerprint density at radius 1 is 1.11 bits per heavy atom. The molecule has 5 rings (SSSR count). The molecule has 3 heterocycles. The SMILES string of the molecule is O=C(NCc1ccccc1)c1cc2n(n1)C[C@@H](c1ccc3c(c1)OCO3)OC2. The molecule has 1 amide bonds. The van der Waals surface area contributed by atoms with Gasteiger partial charge in [0.1, 0.15) is 6.10 Å². The van der Waals surface area contributed by atoms with Crippen molar-refractivity contribution < 1.29 is 19.0 Å². The Balaban J connectivity index is 1.28. The maximum atomic E-state index is 12.5. The molecule has 3 aromatic rings. The van der Waals surface area contributed by atoms with Gasteiger partial charge in [-0.25, -0.2) is 0 Å². The molecular formula is C21H19N3O4. The fourth-order valence-corrected chi connectivity index (χ4v) is 3.42. The van der Waals surface area contributed by atoms with Crippen molar-refractivity contribution in [3.63, 3.8) is 0 Å². The fraction of sp³-hybridized carbons (Fsp3) is 0.238. The van der Waals surface area contributed by atoms with E-state index in [1.807, 2.05) is 53.2 Å². The molecule has 1 N–H and O–H groups in total. The van der Waals surface area contributed by atoms with Crippen LogP contribution >= 0.6 is 0 Å². The van der Waals surface area contributed by atoms with E-state index in [1.165, 1.54) is 0 Å². The van der Waals surface area contributed by atoms with E-state index in [0.717, 1.165) is 28.3 Å². The third kappa shape index (κ3) is 3.20. The van der Waals surface area contributed by atoms with Gasteiger partial charge in [0.2, 0.25) is 6.79 Å². The van der Waals surface area contributed by atoms with Crippen LogP contribution in [0.4, 0.5) is 0 Å². The fourth-order valence-electron chi connectivity index (χ4n) is 3.42. The molecule has 1 aromatic heterocycles. The number of amides is 1. The minimum absolute atomic E-state index is 0.151. The molecule has 142 valence electrons. The van der Waals surface area contributed by atoms with E-state index in [-0.39, 0.29) is 18.8 Å². The van der Waals surface area contributed by atoms with Crippen LogP contribution in [0.1, 0.15) is 33.4 Å². The number of aromatic nitrogens is 2. The maximum absolute atomic E-state index is 12.5. The molecule has 28 heavy (non-hydrogen) atoms. The predicted octanol–water partition coefficient (Wildman–Crippen LogP) is 2.81. The molecule has 0 fully saturated rings. The Hall–Kier alpha value is -3.32. The van der Waals surface area contributed by atoms with Gasteiger partial charge in [0.15, 0.2) is 17.2 Å². The monoisotopic (exact) mass is 377 g/mol. The summed E-state index contributed by atoms with van der Waals surface area (Å²) in [6, 6.07) is 17.4. The average molecular weight is 377 g/mol. The highest BCUT2D eigenvalue weighted by Crippen LogP contribution is 2.36. The Kier molecular flexibility index (Phi) is 4.21. The summed E-state index contributed by atoms with van der Waals surface area (Å²) in [6.07, 6.45) is -0.151. The van der Waals surface area contributed by atoms with Crippen molar-refractivity contribution in [2.45, 2.75) is 25.8 Å². The third-order valence-corrected chi connectivity index (χ3v) is 4.93. The van der Waals surface area contributed by atoms with Crippen molar-refractivity contribution >= 4 is 5.91 Å². The number of rotatable bonds is 4. The van der Waals surface area contributed by atoms with Gasteiger partial charge >= 0.3 is 0 Å². The Labute approximate surface area is 161 Å². The molecule has 2 aliphatic rings. The summed E-state index contributed by atoms with van der Waals surface area (Å²) in [4.78, 5) is 12.5. The summed E-state index contributed by atoms with van der Waals surface area (Å²) in [6.45, 7) is 1.66. The molecule has 0 radical (unpaired) electrons. The van der Waals surface area contributed by atoms with E-state index in [1.54, 1.807) is 6.07 Å². The van der Waals surface area contributed by atoms with Gasteiger partial charge in [-0.05, 0) is 29.3 Å². The number of hydrogen-bond donors (Lipinski definition) is 1. The van der Waals surface area contributed by atoms with Gasteiger partial charge in [-0.2, -0.15) is 5.10 Å². The number of ether oxygens (including phenoxy) is 3. The standard InChI is InChI=1S/C21H19N3O4/c25-21(22-10-14-4-2-1-3-5-14)17-9-16-12-26-20(11-24(16)23-17)15-6-7-18-19(8-15)28-13-27-18/h1-9,20H,10-13H2,(H,22,25)/t20-/m0/s1. The lowest BCUT2D eigenvalue weighted by molar-refractivity contribution is -0.00128. The number of carbonyl (C=O) groups is 1. The first-order valence-corrected chi connectivity index (χ1v) is 9.16. The highest BCUT2D eigenvalue weighted by molar-refractivity contribution is 5.92. The van der Waals surface area contributed by atoms with E-state index in [0.29, 0.717) is 25.4 Å². The number of nitrogens with zero attached hydrogens (tertiary/aromatic N) is 2. The lowest BCUT2D eigenvalue weighted by Gasteiger charge is -2.24. The van der Waals surface area contributed by atoms with E-state index in [2.05, 4.69) is 10.4 Å². The number of carbonyl (C=O) groups excluding carboxylic acids is 1. The minimum Gasteiger partial charge on any atom is -0.454 e. The van der Waals surface area contributed by atoms with Crippen molar-refractivity contribution in [2.24, 2.45) is 0 Å². The van der Waals surface area contributed by atoms with Crippen molar-refractivity contribution in [1.29, 1.82) is 0 Å². The molecule has 7 nitrogen and oxygen atoms in total. The molecule has 2 aromatic carbocycles. The molecule has 0 spiro atoms. The van der Waals surface area contributed by atoms with Gasteiger partial charge in [-0.3, -0.25) is 9.48 Å². The average Bonchev–Trinajstić information content (AvgIpc) is 3.38. The van der Waals surface area contributed by atoms with Crippen molar-refractivity contribution in [3.05, 3.63) is 77.1 Å². The molecule has 7 heteroatoms. The summed E-state index contributed by atoms with van der Waals surface area (Å²) in [7, 11) is 0. The van der Waals surface area contributed by atoms with Gasteiger partial charge in [-0.15, -0.1) is 0 Å². The van der Waals surface area contributed by atoms with Crippen LogP contribution in [-0.4, -0.2) is 22.5 Å². The van der Waals surface area contributed by atoms with E-state index in [4.69, 9.17) is 14.2 Å². The van der Waals surface area contributed by atoms with E-state index >= 15 is 0 Å². The highest BCUT2D eigenvalue weighted by atomic mass is 16.7. The van der Waals surface area contributed by atoms with Crippen molar-refractivity contribution in [2.75, 3.05) is 6.79 Å². The summed E-state index contributed by atoms with van der Waals surface area (Å²) in [5, 5.41) is 7.39. The normalized spacial score (nSPS) is 17.2. The van der Waals surface area contributed by atoms with Crippen LogP contribution in [-0.2, 0) is 24.4 Å². The second-order valence-corrected chi connectivity index (χ2v) is 6.78. The summed E-state index contributed by atoms with van der Waals surface area (Å²) < 4.78 is 18.6. The molecule has 0 aliphatic carbocycles. The quantitative estimate of drug-likeness (QED) is 0.757. The Morgan fingerprint density at radius 2 is 1.96 bits per heavy atom. The largest absolute Gasteiger partial charge is 0.454 e. The second kappa shape index (κ2) is 7.01. The number of nitrogens with one attached hydrogen (secondary N) is 1. The van der Waals surface area contributed by atoms with Crippen LogP contribution in [0.15, 0.2) is 54.6 Å². The van der Waals surface area contributed by atoms with Gasteiger partial charge in [0.25, 0.3) is 5.91 Å². The molecule has 0 saturated heterocycles. The highest BCUT2D eigenvalue weighted by Gasteiger charge is 2.25. The molecule has 0 unspecified atom stereocenters. The van der Waals surface area contributed by atoms with Gasteiger partial charge in [-0.1, -0.05) is 36.4 Å². The topological polar surface area (TPSA) is 74.6 Å². The maximum Gasteiger partial charge on any atom is 0.272 e. The van der Waals surface area contributed by atoms with Crippen LogP contribution in [0.3, 0.4) is 0 Å². The van der Waals surface area contributed by atoms with E-state index < -0.39 is 0 Å². The van der Waals surface area contributed by atoms with Crippen LogP contribution in [0, 0.1) is 0 Å². The van der Waals surface area contributed by atoms with Gasteiger partial charge < -0.3 is 19.5 Å². The summed E-state index contributed by atoms with van der Waals surface area (Å²) in [5.41, 5.74) is 3.34. The molecule has 0 bridgehead atoms. The summed E-state index contributed by atoms with van der Waals surface area (Å²) >= 11 is 0. The third-order valence-electron chi connectivity index (χ3n) is 4.93. The Bertz CT molecular complexity index is 1020. The van der Waals surface area contributed by atoms with Gasteiger partial charge in [0.05, 0.1) is 18.8 Å². The molecule has 2 aliphatic heterocycles. The zero-order chi connectivity index (χ0) is 18.9. The first kappa shape index (κ1) is 16.8. The minimum atomic E-state index is -0.189. The predicted molar refractivity (Wildman–Crippen MR) is 99.9 cm³/mol. The van der Waals surface area contributed by atoms with Crippen LogP contribution in [0.2, 0.25) is 0 Å². The zero-order valence-electron chi connectivity index (χ0n) is 15.1. The smallest absolute Gasteiger partial charge is 0.272 e. The second-order valence-electron chi connectivity index (χ2n) is 6.78. The van der Waals surface area contributed by atoms with Gasteiger partial charge in [0, 0.05) is 6.54 Å². The van der Waals surface area contributed by atoms with Crippen molar-refractivity contribution in [3.8, 4) is 11.5 Å². The summed E-state index contributed by atoms with van der Waals surface area (Å²) in [5.74, 6) is 1.29. The first-order valence-electron chi connectivity index (χ1n) is 9.16. The van der Waals surface area contributed by atoms with Crippen LogP contribution in [0.25, 0.3) is 0 Å². The molecule has 1 atom stereocenters. The van der Waals surface area contributed by atoms with E-state index in [9.17, 15) is 4.79 Å². The van der Waals surface area contributed by atoms with Crippen LogP contribution < -0.4 is 14.8 Å². The molecular weight excluding hydrogens is 358 g/mol. The number of benzene rings is 2. The lowest BCUT2D eigenvalue weighted by Crippen LogP contribution is -2.24. The Morgan fingerprint density at radius 3 is 2.86 bits per heavy atom. The first-order chi connectivity index (χ1) is 13.8. The zero-order valence-corrected chi connectivity index (χ0v) is 15.1. The number of hydrogen-bond acceptors (Lipinski definition) is 5. The molecule has 0 saturated carbocycles.